The van der Waals surface area contributed by atoms with Crippen LogP contribution in [0.2, 0.25) is 5.02 Å². The van der Waals surface area contributed by atoms with Crippen molar-refractivity contribution in [1.29, 1.82) is 0 Å². The van der Waals surface area contributed by atoms with Crippen molar-refractivity contribution in [1.82, 2.24) is 29.5 Å². The van der Waals surface area contributed by atoms with Crippen molar-refractivity contribution in [2.75, 3.05) is 5.32 Å². The number of alkyl halides is 2. The van der Waals surface area contributed by atoms with E-state index in [9.17, 15) is 13.2 Å². The summed E-state index contributed by atoms with van der Waals surface area (Å²) >= 11 is 5.83. The standard InChI is InChI=1S/C17H13ClF3N7/c18-13-3-1-2-10(15(13)21)7-28-16-11(5-24-28)4-22-17(26-16)25-12-6-23-27(8-12)9-14(19)20/h1-6,8,14H,7,9H2,(H,22,25,26). The van der Waals surface area contributed by atoms with Gasteiger partial charge < -0.3 is 5.32 Å². The Morgan fingerprint density at radius 3 is 2.82 bits per heavy atom. The summed E-state index contributed by atoms with van der Waals surface area (Å²) in [4.78, 5) is 8.56. The molecule has 0 spiro atoms. The van der Waals surface area contributed by atoms with Gasteiger partial charge in [0.15, 0.2) is 5.65 Å². The Kier molecular flexibility index (Phi) is 4.86. The highest BCUT2D eigenvalue weighted by Gasteiger charge is 2.12. The molecule has 0 amide bonds. The minimum atomic E-state index is -2.50. The third kappa shape index (κ3) is 3.77. The topological polar surface area (TPSA) is 73.5 Å². The second kappa shape index (κ2) is 7.47. The van der Waals surface area contributed by atoms with E-state index in [-0.39, 0.29) is 17.5 Å². The van der Waals surface area contributed by atoms with Crippen LogP contribution in [-0.2, 0) is 13.1 Å². The zero-order valence-electron chi connectivity index (χ0n) is 14.2. The molecule has 0 aliphatic rings. The molecular formula is C17H13ClF3N7. The average molecular weight is 408 g/mol. The van der Waals surface area contributed by atoms with E-state index in [1.54, 1.807) is 24.5 Å². The number of fused-ring (bicyclic) bond motifs is 1. The maximum atomic E-state index is 14.2. The Balaban J connectivity index is 1.59. The highest BCUT2D eigenvalue weighted by atomic mass is 35.5. The molecule has 4 rings (SSSR count). The van der Waals surface area contributed by atoms with Gasteiger partial charge in [-0.1, -0.05) is 23.7 Å². The quantitative estimate of drug-likeness (QED) is 0.525. The lowest BCUT2D eigenvalue weighted by molar-refractivity contribution is 0.122. The molecule has 4 aromatic rings. The molecule has 0 saturated carbocycles. The molecule has 3 aromatic heterocycles. The molecule has 3 heterocycles. The first-order valence-corrected chi connectivity index (χ1v) is 8.56. The second-order valence-electron chi connectivity index (χ2n) is 5.95. The normalized spacial score (nSPS) is 11.5. The van der Waals surface area contributed by atoms with E-state index >= 15 is 0 Å². The van der Waals surface area contributed by atoms with E-state index in [0.717, 1.165) is 4.68 Å². The van der Waals surface area contributed by atoms with Gasteiger partial charge in [-0.25, -0.2) is 22.8 Å². The van der Waals surface area contributed by atoms with Gasteiger partial charge >= 0.3 is 0 Å². The van der Waals surface area contributed by atoms with Gasteiger partial charge in [0.2, 0.25) is 5.95 Å². The molecule has 28 heavy (non-hydrogen) atoms. The van der Waals surface area contributed by atoms with E-state index in [1.165, 1.54) is 23.1 Å². The minimum absolute atomic E-state index is 0.0340. The summed E-state index contributed by atoms with van der Waals surface area (Å²) < 4.78 is 41.7. The van der Waals surface area contributed by atoms with Gasteiger partial charge in [-0.05, 0) is 6.07 Å². The fraction of sp³-hybridized carbons (Fsp3) is 0.176. The molecule has 0 atom stereocenters. The first kappa shape index (κ1) is 18.2. The average Bonchev–Trinajstić information content (AvgIpc) is 3.25. The second-order valence-corrected chi connectivity index (χ2v) is 6.36. The van der Waals surface area contributed by atoms with E-state index in [1.807, 2.05) is 0 Å². The van der Waals surface area contributed by atoms with Gasteiger partial charge in [-0.2, -0.15) is 15.2 Å². The zero-order chi connectivity index (χ0) is 19.7. The molecule has 11 heteroatoms. The van der Waals surface area contributed by atoms with Crippen molar-refractivity contribution in [3.05, 3.63) is 59.4 Å². The molecule has 0 fully saturated rings. The van der Waals surface area contributed by atoms with Crippen molar-refractivity contribution < 1.29 is 13.2 Å². The van der Waals surface area contributed by atoms with Gasteiger partial charge in [0, 0.05) is 18.0 Å². The number of hydrogen-bond acceptors (Lipinski definition) is 5. The molecule has 0 unspecified atom stereocenters. The number of nitrogens with one attached hydrogen (secondary N) is 1. The number of halogens is 4. The first-order chi connectivity index (χ1) is 13.5. The van der Waals surface area contributed by atoms with Crippen LogP contribution in [0, 0.1) is 5.82 Å². The maximum Gasteiger partial charge on any atom is 0.257 e. The van der Waals surface area contributed by atoms with Crippen LogP contribution in [0.3, 0.4) is 0 Å². The highest BCUT2D eigenvalue weighted by molar-refractivity contribution is 6.30. The van der Waals surface area contributed by atoms with Crippen LogP contribution in [0.1, 0.15) is 5.56 Å². The summed E-state index contributed by atoms with van der Waals surface area (Å²) in [5.41, 5.74) is 1.32. The molecule has 0 aliphatic carbocycles. The largest absolute Gasteiger partial charge is 0.321 e. The summed E-state index contributed by atoms with van der Waals surface area (Å²) in [5, 5.41) is 11.7. The predicted octanol–water partition coefficient (Wildman–Crippen LogP) is 3.87. The van der Waals surface area contributed by atoms with Crippen molar-refractivity contribution >= 4 is 34.3 Å². The third-order valence-electron chi connectivity index (χ3n) is 3.94. The summed E-state index contributed by atoms with van der Waals surface area (Å²) in [7, 11) is 0. The molecule has 1 N–H and O–H groups in total. The fourth-order valence-corrected chi connectivity index (χ4v) is 2.87. The fourth-order valence-electron chi connectivity index (χ4n) is 2.67. The van der Waals surface area contributed by atoms with Crippen molar-refractivity contribution in [2.24, 2.45) is 0 Å². The Labute approximate surface area is 161 Å². The Bertz CT molecular complexity index is 1130. The predicted molar refractivity (Wildman–Crippen MR) is 97.3 cm³/mol. The van der Waals surface area contributed by atoms with Gasteiger partial charge in [0.05, 0.1) is 35.0 Å². The van der Waals surface area contributed by atoms with Crippen LogP contribution in [0.15, 0.2) is 43.0 Å². The Morgan fingerprint density at radius 2 is 2.00 bits per heavy atom. The van der Waals surface area contributed by atoms with Gasteiger partial charge in [0.25, 0.3) is 6.43 Å². The lowest BCUT2D eigenvalue weighted by Gasteiger charge is -2.07. The van der Waals surface area contributed by atoms with E-state index in [4.69, 9.17) is 11.6 Å². The maximum absolute atomic E-state index is 14.2. The highest BCUT2D eigenvalue weighted by Crippen LogP contribution is 2.21. The third-order valence-corrected chi connectivity index (χ3v) is 4.23. The number of hydrogen-bond donors (Lipinski definition) is 1. The Hall–Kier alpha value is -3.14. The number of aromatic nitrogens is 6. The van der Waals surface area contributed by atoms with E-state index in [0.29, 0.717) is 22.3 Å². The van der Waals surface area contributed by atoms with Gasteiger partial charge in [0.1, 0.15) is 12.4 Å². The summed E-state index contributed by atoms with van der Waals surface area (Å²) in [6, 6.07) is 4.75. The van der Waals surface area contributed by atoms with Crippen LogP contribution in [-0.4, -0.2) is 36.0 Å². The minimum Gasteiger partial charge on any atom is -0.321 e. The lowest BCUT2D eigenvalue weighted by Crippen LogP contribution is -2.06. The van der Waals surface area contributed by atoms with Crippen molar-refractivity contribution in [3.8, 4) is 0 Å². The van der Waals surface area contributed by atoms with Crippen LogP contribution >= 0.6 is 11.6 Å². The van der Waals surface area contributed by atoms with E-state index < -0.39 is 18.8 Å². The smallest absolute Gasteiger partial charge is 0.257 e. The van der Waals surface area contributed by atoms with Crippen molar-refractivity contribution in [2.45, 2.75) is 19.5 Å². The molecule has 0 saturated heterocycles. The molecule has 1 aromatic carbocycles. The van der Waals surface area contributed by atoms with Gasteiger partial charge in [-0.3, -0.25) is 4.68 Å². The summed E-state index contributed by atoms with van der Waals surface area (Å²) in [6.07, 6.45) is 3.46. The molecular weight excluding hydrogens is 395 g/mol. The zero-order valence-corrected chi connectivity index (χ0v) is 15.0. The molecule has 0 bridgehead atoms. The SMILES string of the molecule is Fc1c(Cl)cccc1Cn1ncc2cnc(Nc3cnn(CC(F)F)c3)nc21. The number of rotatable bonds is 6. The lowest BCUT2D eigenvalue weighted by atomic mass is 10.2. The summed E-state index contributed by atoms with van der Waals surface area (Å²) in [5.74, 6) is -0.274. The number of nitrogens with zero attached hydrogens (tertiary/aromatic N) is 6. The van der Waals surface area contributed by atoms with Crippen molar-refractivity contribution in [3.63, 3.8) is 0 Å². The van der Waals surface area contributed by atoms with Crippen LogP contribution in [0.5, 0.6) is 0 Å². The monoisotopic (exact) mass is 407 g/mol. The van der Waals surface area contributed by atoms with Gasteiger partial charge in [-0.15, -0.1) is 0 Å². The molecule has 7 nitrogen and oxygen atoms in total. The number of benzene rings is 1. The number of anilines is 2. The van der Waals surface area contributed by atoms with Crippen LogP contribution in [0.25, 0.3) is 11.0 Å². The summed E-state index contributed by atoms with van der Waals surface area (Å²) in [6.45, 7) is -0.363. The van der Waals surface area contributed by atoms with E-state index in [2.05, 4.69) is 25.5 Å². The first-order valence-electron chi connectivity index (χ1n) is 8.18. The Morgan fingerprint density at radius 1 is 1.14 bits per heavy atom. The molecule has 0 aliphatic heterocycles. The van der Waals surface area contributed by atoms with Crippen LogP contribution in [0.4, 0.5) is 24.8 Å². The van der Waals surface area contributed by atoms with Crippen LogP contribution < -0.4 is 5.32 Å². The molecule has 144 valence electrons. The molecule has 0 radical (unpaired) electrons.